The molecule has 0 amide bonds. The van der Waals surface area contributed by atoms with Crippen LogP contribution in [0.15, 0.2) is 11.1 Å². The van der Waals surface area contributed by atoms with E-state index in [1.165, 1.54) is 58.0 Å². The third kappa shape index (κ3) is 1.55. The summed E-state index contributed by atoms with van der Waals surface area (Å²) >= 11 is 0. The van der Waals surface area contributed by atoms with Crippen LogP contribution in [0.3, 0.4) is 0 Å². The molecule has 0 aromatic heterocycles. The normalized spacial score (nSPS) is 40.5. The van der Waals surface area contributed by atoms with Crippen LogP contribution in [0.5, 0.6) is 0 Å². The van der Waals surface area contributed by atoms with Gasteiger partial charge >= 0.3 is 0 Å². The third-order valence-corrected chi connectivity index (χ3v) is 5.27. The molecule has 2 unspecified atom stereocenters. The molecule has 0 N–H and O–H groups in total. The van der Waals surface area contributed by atoms with Gasteiger partial charge in [-0.15, -0.1) is 0 Å². The van der Waals surface area contributed by atoms with Crippen LogP contribution in [0.25, 0.3) is 0 Å². The lowest BCUT2D eigenvalue weighted by Crippen LogP contribution is -2.56. The zero-order valence-corrected chi connectivity index (χ0v) is 10.9. The summed E-state index contributed by atoms with van der Waals surface area (Å²) in [6.07, 6.45) is 9.92. The van der Waals surface area contributed by atoms with Crippen molar-refractivity contribution < 1.29 is 0 Å². The van der Waals surface area contributed by atoms with Crippen molar-refractivity contribution in [1.82, 2.24) is 4.90 Å². The minimum atomic E-state index is 0.459. The van der Waals surface area contributed by atoms with Crippen LogP contribution in [0, 0.1) is 5.92 Å². The molecule has 0 saturated carbocycles. The second-order valence-electron chi connectivity index (χ2n) is 6.40. The molecule has 0 aromatic rings. The number of hydrogen-bond donors (Lipinski definition) is 0. The largest absolute Gasteiger partial charge is 0.294 e. The van der Waals surface area contributed by atoms with Crippen molar-refractivity contribution in [2.45, 2.75) is 64.3 Å². The Kier molecular flexibility index (Phi) is 2.62. The van der Waals surface area contributed by atoms with Crippen molar-refractivity contribution >= 4 is 0 Å². The molecule has 1 fully saturated rings. The minimum absolute atomic E-state index is 0.459. The fourth-order valence-corrected chi connectivity index (χ4v) is 4.20. The Balaban J connectivity index is 1.93. The molecule has 0 bridgehead atoms. The quantitative estimate of drug-likeness (QED) is 0.561. The van der Waals surface area contributed by atoms with Crippen LogP contribution in [0.4, 0.5) is 0 Å². The van der Waals surface area contributed by atoms with Gasteiger partial charge in [0.2, 0.25) is 0 Å². The summed E-state index contributed by atoms with van der Waals surface area (Å²) in [5, 5.41) is 0. The highest BCUT2D eigenvalue weighted by Gasteiger charge is 2.43. The van der Waals surface area contributed by atoms with Crippen LogP contribution < -0.4 is 0 Å². The summed E-state index contributed by atoms with van der Waals surface area (Å²) in [5.41, 5.74) is 4.16. The molecular weight excluding hydrogens is 194 g/mol. The van der Waals surface area contributed by atoms with Crippen molar-refractivity contribution in [3.8, 4) is 0 Å². The van der Waals surface area contributed by atoms with Crippen molar-refractivity contribution in [3.63, 3.8) is 0 Å². The topological polar surface area (TPSA) is 3.24 Å². The van der Waals surface area contributed by atoms with E-state index < -0.39 is 0 Å². The highest BCUT2D eigenvalue weighted by Crippen LogP contribution is 2.46. The van der Waals surface area contributed by atoms with Crippen molar-refractivity contribution in [2.24, 2.45) is 5.92 Å². The number of fused-ring (bicyclic) bond motifs is 2. The molecule has 2 aliphatic heterocycles. The molecule has 90 valence electrons. The van der Waals surface area contributed by atoms with Gasteiger partial charge < -0.3 is 0 Å². The molecule has 1 saturated heterocycles. The molecule has 16 heavy (non-hydrogen) atoms. The summed E-state index contributed by atoms with van der Waals surface area (Å²) in [6, 6.07) is 0. The Morgan fingerprint density at radius 1 is 1.19 bits per heavy atom. The molecule has 3 rings (SSSR count). The molecule has 1 nitrogen and oxygen atoms in total. The summed E-state index contributed by atoms with van der Waals surface area (Å²) in [7, 11) is 0. The molecule has 0 radical (unpaired) electrons. The van der Waals surface area contributed by atoms with E-state index in [9.17, 15) is 0 Å². The Morgan fingerprint density at radius 2 is 2.00 bits per heavy atom. The highest BCUT2D eigenvalue weighted by atomic mass is 15.2. The standard InChI is InChI=1S/C15H25N/c1-12-7-9-15(2)14-6-4-3-5-13(14)8-10-16(15)11-12/h12H,3-11H2,1-2H3. The van der Waals surface area contributed by atoms with Crippen LogP contribution in [0.2, 0.25) is 0 Å². The van der Waals surface area contributed by atoms with E-state index in [-0.39, 0.29) is 0 Å². The molecule has 2 heterocycles. The predicted octanol–water partition coefficient (Wildman–Crippen LogP) is 3.75. The smallest absolute Gasteiger partial charge is 0.0395 e. The minimum Gasteiger partial charge on any atom is -0.294 e. The summed E-state index contributed by atoms with van der Waals surface area (Å²) < 4.78 is 0. The molecule has 0 aromatic carbocycles. The SMILES string of the molecule is CC1CCC2(C)C3=C(CCCC3)CCN2C1. The maximum absolute atomic E-state index is 2.80. The predicted molar refractivity (Wildman–Crippen MR) is 68.5 cm³/mol. The number of rotatable bonds is 0. The first kappa shape index (κ1) is 10.8. The summed E-state index contributed by atoms with van der Waals surface area (Å²) in [4.78, 5) is 2.80. The second kappa shape index (κ2) is 3.87. The van der Waals surface area contributed by atoms with Gasteiger partial charge in [0.1, 0.15) is 0 Å². The molecule has 1 heteroatoms. The fourth-order valence-electron chi connectivity index (χ4n) is 4.20. The first-order chi connectivity index (χ1) is 7.70. The van der Waals surface area contributed by atoms with Gasteiger partial charge in [-0.2, -0.15) is 0 Å². The van der Waals surface area contributed by atoms with Crippen molar-refractivity contribution in [2.75, 3.05) is 13.1 Å². The molecule has 1 aliphatic carbocycles. The molecular formula is C15H25N. The number of hydrogen-bond acceptors (Lipinski definition) is 1. The average molecular weight is 219 g/mol. The van der Waals surface area contributed by atoms with Gasteiger partial charge in [0.25, 0.3) is 0 Å². The van der Waals surface area contributed by atoms with Crippen LogP contribution in [-0.2, 0) is 0 Å². The lowest BCUT2D eigenvalue weighted by molar-refractivity contribution is 0.0489. The van der Waals surface area contributed by atoms with Gasteiger partial charge in [-0.25, -0.2) is 0 Å². The van der Waals surface area contributed by atoms with Crippen LogP contribution in [-0.4, -0.2) is 23.5 Å². The van der Waals surface area contributed by atoms with E-state index in [0.29, 0.717) is 5.54 Å². The van der Waals surface area contributed by atoms with Gasteiger partial charge in [0.15, 0.2) is 0 Å². The van der Waals surface area contributed by atoms with Crippen molar-refractivity contribution in [1.29, 1.82) is 0 Å². The van der Waals surface area contributed by atoms with Crippen LogP contribution in [0.1, 0.15) is 58.8 Å². The Bertz CT molecular complexity index is 317. The fraction of sp³-hybridized carbons (Fsp3) is 0.867. The van der Waals surface area contributed by atoms with Gasteiger partial charge in [-0.1, -0.05) is 18.1 Å². The molecule has 0 spiro atoms. The first-order valence-corrected chi connectivity index (χ1v) is 7.16. The average Bonchev–Trinajstić information content (AvgIpc) is 2.31. The van der Waals surface area contributed by atoms with E-state index in [4.69, 9.17) is 0 Å². The first-order valence-electron chi connectivity index (χ1n) is 7.16. The summed E-state index contributed by atoms with van der Waals surface area (Å²) in [5.74, 6) is 0.916. The van der Waals surface area contributed by atoms with Gasteiger partial charge in [-0.3, -0.25) is 4.90 Å². The van der Waals surface area contributed by atoms with Gasteiger partial charge in [0.05, 0.1) is 0 Å². The monoisotopic (exact) mass is 219 g/mol. The van der Waals surface area contributed by atoms with Crippen molar-refractivity contribution in [3.05, 3.63) is 11.1 Å². The van der Waals surface area contributed by atoms with Crippen LogP contribution >= 0.6 is 0 Å². The molecule has 3 aliphatic rings. The van der Waals surface area contributed by atoms with E-state index >= 15 is 0 Å². The van der Waals surface area contributed by atoms with Gasteiger partial charge in [-0.05, 0) is 57.8 Å². The molecule has 2 atom stereocenters. The highest BCUT2D eigenvalue weighted by molar-refractivity contribution is 5.31. The summed E-state index contributed by atoms with van der Waals surface area (Å²) in [6.45, 7) is 7.62. The zero-order valence-electron chi connectivity index (χ0n) is 10.9. The maximum atomic E-state index is 2.80. The Labute approximate surface area is 99.9 Å². The van der Waals surface area contributed by atoms with E-state index in [1.54, 1.807) is 0 Å². The number of piperidine rings is 1. The van der Waals surface area contributed by atoms with E-state index in [1.807, 2.05) is 11.1 Å². The lowest BCUT2D eigenvalue weighted by Gasteiger charge is -2.53. The van der Waals surface area contributed by atoms with E-state index in [2.05, 4.69) is 18.7 Å². The maximum Gasteiger partial charge on any atom is 0.0395 e. The van der Waals surface area contributed by atoms with E-state index in [0.717, 1.165) is 5.92 Å². The Hall–Kier alpha value is -0.300. The second-order valence-corrected chi connectivity index (χ2v) is 6.40. The Morgan fingerprint density at radius 3 is 2.88 bits per heavy atom. The zero-order chi connectivity index (χ0) is 11.2. The number of nitrogens with zero attached hydrogens (tertiary/aromatic N) is 1. The van der Waals surface area contributed by atoms with Gasteiger partial charge in [0, 0.05) is 18.6 Å². The lowest BCUT2D eigenvalue weighted by atomic mass is 9.70. The third-order valence-electron chi connectivity index (χ3n) is 5.27.